The Bertz CT molecular complexity index is 404. The van der Waals surface area contributed by atoms with Crippen molar-refractivity contribution in [3.8, 4) is 5.75 Å². The Hall–Kier alpha value is -1.30. The van der Waals surface area contributed by atoms with Gasteiger partial charge >= 0.3 is 6.36 Å². The summed E-state index contributed by atoms with van der Waals surface area (Å²) in [6.07, 6.45) is -4.32. The van der Waals surface area contributed by atoms with Crippen molar-refractivity contribution >= 4 is 0 Å². The molecule has 0 aliphatic heterocycles. The lowest BCUT2D eigenvalue weighted by Crippen LogP contribution is -2.19. The maximum absolute atomic E-state index is 13.5. The third-order valence-corrected chi connectivity index (χ3v) is 2.33. The second-order valence-electron chi connectivity index (χ2n) is 4.47. The van der Waals surface area contributed by atoms with Gasteiger partial charge in [-0.25, -0.2) is 4.39 Å². The summed E-state index contributed by atoms with van der Waals surface area (Å²) in [5.74, 6) is -0.873. The lowest BCUT2D eigenvalue weighted by Gasteiger charge is -2.17. The molecule has 1 aromatic rings. The first kappa shape index (κ1) is 14.8. The number of halogens is 4. The van der Waals surface area contributed by atoms with E-state index in [0.717, 1.165) is 18.2 Å². The molecule has 0 bridgehead atoms. The van der Waals surface area contributed by atoms with Crippen molar-refractivity contribution in [1.82, 2.24) is 0 Å². The van der Waals surface area contributed by atoms with Crippen LogP contribution in [0.3, 0.4) is 0 Å². The van der Waals surface area contributed by atoms with Gasteiger partial charge in [-0.2, -0.15) is 0 Å². The third-order valence-electron chi connectivity index (χ3n) is 2.33. The van der Waals surface area contributed by atoms with Crippen LogP contribution >= 0.6 is 0 Å². The highest BCUT2D eigenvalue weighted by atomic mass is 19.4. The van der Waals surface area contributed by atoms with E-state index in [1.807, 2.05) is 13.8 Å². The Morgan fingerprint density at radius 3 is 2.39 bits per heavy atom. The predicted molar refractivity (Wildman–Crippen MR) is 59.5 cm³/mol. The van der Waals surface area contributed by atoms with Crippen LogP contribution in [0.1, 0.15) is 31.9 Å². The van der Waals surface area contributed by atoms with E-state index >= 15 is 0 Å². The fourth-order valence-corrected chi connectivity index (χ4v) is 1.64. The zero-order chi connectivity index (χ0) is 13.9. The Morgan fingerprint density at radius 2 is 1.89 bits per heavy atom. The lowest BCUT2D eigenvalue weighted by molar-refractivity contribution is -0.274. The highest BCUT2D eigenvalue weighted by Crippen LogP contribution is 2.28. The van der Waals surface area contributed by atoms with E-state index in [2.05, 4.69) is 4.74 Å². The van der Waals surface area contributed by atoms with Gasteiger partial charge in [0.15, 0.2) is 0 Å². The van der Waals surface area contributed by atoms with Crippen LogP contribution in [0, 0.1) is 11.7 Å². The quantitative estimate of drug-likeness (QED) is 0.841. The summed E-state index contributed by atoms with van der Waals surface area (Å²) in [7, 11) is 0. The minimum atomic E-state index is -4.79. The zero-order valence-electron chi connectivity index (χ0n) is 10.1. The molecule has 0 aliphatic rings. The van der Waals surface area contributed by atoms with Crippen molar-refractivity contribution in [2.75, 3.05) is 0 Å². The molecule has 0 fully saturated rings. The van der Waals surface area contributed by atoms with Gasteiger partial charge in [0.05, 0.1) is 0 Å². The molecule has 0 saturated carbocycles. The van der Waals surface area contributed by atoms with Crippen LogP contribution < -0.4 is 10.5 Å². The number of hydrogen-bond acceptors (Lipinski definition) is 2. The molecular weight excluding hydrogens is 250 g/mol. The van der Waals surface area contributed by atoms with Gasteiger partial charge in [-0.15, -0.1) is 13.2 Å². The first-order chi connectivity index (χ1) is 8.19. The van der Waals surface area contributed by atoms with Gasteiger partial charge in [0.25, 0.3) is 0 Å². The van der Waals surface area contributed by atoms with Crippen LogP contribution in [0.5, 0.6) is 5.75 Å². The first-order valence-corrected chi connectivity index (χ1v) is 5.50. The number of hydrogen-bond donors (Lipinski definition) is 1. The fourth-order valence-electron chi connectivity index (χ4n) is 1.64. The molecule has 1 rings (SSSR count). The molecule has 1 atom stereocenters. The molecule has 18 heavy (non-hydrogen) atoms. The number of benzene rings is 1. The third kappa shape index (κ3) is 4.52. The molecule has 0 aromatic heterocycles. The van der Waals surface area contributed by atoms with Crippen molar-refractivity contribution in [3.05, 3.63) is 29.6 Å². The second-order valence-corrected chi connectivity index (χ2v) is 4.47. The minimum absolute atomic E-state index is 0.0328. The number of nitrogens with two attached hydrogens (primary N) is 1. The number of rotatable bonds is 4. The first-order valence-electron chi connectivity index (χ1n) is 5.50. The zero-order valence-corrected chi connectivity index (χ0v) is 10.1. The summed E-state index contributed by atoms with van der Waals surface area (Å²) in [5.41, 5.74) is 5.79. The van der Waals surface area contributed by atoms with Crippen molar-refractivity contribution in [2.24, 2.45) is 11.7 Å². The molecule has 0 spiro atoms. The largest absolute Gasteiger partial charge is 0.573 e. The summed E-state index contributed by atoms with van der Waals surface area (Å²) in [5, 5.41) is 0. The van der Waals surface area contributed by atoms with Gasteiger partial charge in [-0.1, -0.05) is 13.8 Å². The molecule has 6 heteroatoms. The highest BCUT2D eigenvalue weighted by Gasteiger charge is 2.31. The van der Waals surface area contributed by atoms with E-state index in [1.165, 1.54) is 0 Å². The normalized spacial score (nSPS) is 13.8. The van der Waals surface area contributed by atoms with Crippen LogP contribution in [-0.2, 0) is 0 Å². The maximum Gasteiger partial charge on any atom is 0.573 e. The molecule has 102 valence electrons. The Labute approximate surface area is 103 Å². The molecule has 0 aliphatic carbocycles. The Morgan fingerprint density at radius 1 is 1.28 bits per heavy atom. The Balaban J connectivity index is 2.94. The standard InChI is InChI=1S/C12H15F4NO/c1-7(2)5-11(17)9-6-8(3-4-10(9)13)18-12(14,15)16/h3-4,6-7,11H,5,17H2,1-2H3/t11-/m0/s1. The summed E-state index contributed by atoms with van der Waals surface area (Å²) < 4.78 is 53.3. The van der Waals surface area contributed by atoms with Crippen LogP contribution in [0.2, 0.25) is 0 Å². The van der Waals surface area contributed by atoms with Crippen LogP contribution in [0.4, 0.5) is 17.6 Å². The SMILES string of the molecule is CC(C)C[C@H](N)c1cc(OC(F)(F)F)ccc1F. The molecule has 0 unspecified atom stereocenters. The molecular formula is C12H15F4NO. The van der Waals surface area contributed by atoms with E-state index in [-0.39, 0.29) is 11.5 Å². The lowest BCUT2D eigenvalue weighted by atomic mass is 9.97. The van der Waals surface area contributed by atoms with Crippen LogP contribution in [-0.4, -0.2) is 6.36 Å². The predicted octanol–water partition coefficient (Wildman–Crippen LogP) is 3.77. The second kappa shape index (κ2) is 5.56. The van der Waals surface area contributed by atoms with Gasteiger partial charge in [-0.05, 0) is 30.5 Å². The summed E-state index contributed by atoms with van der Waals surface area (Å²) in [6, 6.07) is 2.20. The molecule has 2 nitrogen and oxygen atoms in total. The van der Waals surface area contributed by atoms with Crippen molar-refractivity contribution in [2.45, 2.75) is 32.7 Å². The topological polar surface area (TPSA) is 35.2 Å². The van der Waals surface area contributed by atoms with E-state index in [0.29, 0.717) is 6.42 Å². The summed E-state index contributed by atoms with van der Waals surface area (Å²) in [6.45, 7) is 3.79. The van der Waals surface area contributed by atoms with Gasteiger partial charge < -0.3 is 10.5 Å². The van der Waals surface area contributed by atoms with Crippen molar-refractivity contribution < 1.29 is 22.3 Å². The molecule has 0 radical (unpaired) electrons. The summed E-state index contributed by atoms with van der Waals surface area (Å²) in [4.78, 5) is 0. The van der Waals surface area contributed by atoms with E-state index < -0.39 is 24.0 Å². The average molecular weight is 265 g/mol. The molecule has 0 amide bonds. The minimum Gasteiger partial charge on any atom is -0.406 e. The van der Waals surface area contributed by atoms with E-state index in [1.54, 1.807) is 0 Å². The number of alkyl halides is 3. The van der Waals surface area contributed by atoms with Gasteiger partial charge in [0.1, 0.15) is 11.6 Å². The van der Waals surface area contributed by atoms with Crippen LogP contribution in [0.15, 0.2) is 18.2 Å². The van der Waals surface area contributed by atoms with Crippen LogP contribution in [0.25, 0.3) is 0 Å². The summed E-state index contributed by atoms with van der Waals surface area (Å²) >= 11 is 0. The Kier molecular flexibility index (Phi) is 4.56. The van der Waals surface area contributed by atoms with E-state index in [4.69, 9.17) is 5.73 Å². The van der Waals surface area contributed by atoms with Gasteiger partial charge in [-0.3, -0.25) is 0 Å². The van der Waals surface area contributed by atoms with Crippen molar-refractivity contribution in [3.63, 3.8) is 0 Å². The number of ether oxygens (including phenoxy) is 1. The molecule has 2 N–H and O–H groups in total. The molecule has 1 aromatic carbocycles. The molecule has 0 saturated heterocycles. The monoisotopic (exact) mass is 265 g/mol. The maximum atomic E-state index is 13.5. The highest BCUT2D eigenvalue weighted by molar-refractivity contribution is 5.32. The molecule has 0 heterocycles. The van der Waals surface area contributed by atoms with Crippen molar-refractivity contribution in [1.29, 1.82) is 0 Å². The fraction of sp³-hybridized carbons (Fsp3) is 0.500. The van der Waals surface area contributed by atoms with Gasteiger partial charge in [0, 0.05) is 11.6 Å². The smallest absolute Gasteiger partial charge is 0.406 e. The van der Waals surface area contributed by atoms with E-state index in [9.17, 15) is 17.6 Å². The van der Waals surface area contributed by atoms with Gasteiger partial charge in [0.2, 0.25) is 0 Å². The average Bonchev–Trinajstić information content (AvgIpc) is 2.17.